The highest BCUT2D eigenvalue weighted by atomic mass is 35.5. The zero-order chi connectivity index (χ0) is 24.5. The van der Waals surface area contributed by atoms with Gasteiger partial charge < -0.3 is 4.57 Å². The van der Waals surface area contributed by atoms with Crippen LogP contribution in [0, 0.1) is 13.8 Å². The molecule has 0 unspecified atom stereocenters. The molecule has 0 fully saturated rings. The first-order chi connectivity index (χ1) is 16.2. The number of allylic oxidation sites excluding steroid dienone is 1. The Morgan fingerprint density at radius 2 is 1.88 bits per heavy atom. The van der Waals surface area contributed by atoms with Crippen LogP contribution in [0.15, 0.2) is 83.2 Å². The van der Waals surface area contributed by atoms with Gasteiger partial charge >= 0.3 is 0 Å². The Morgan fingerprint density at radius 3 is 2.59 bits per heavy atom. The number of hydrogen-bond donors (Lipinski definition) is 1. The molecule has 0 atom stereocenters. The second-order valence-electron chi connectivity index (χ2n) is 7.77. The van der Waals surface area contributed by atoms with Crippen LogP contribution in [0.3, 0.4) is 0 Å². The van der Waals surface area contributed by atoms with Crippen LogP contribution in [-0.2, 0) is 16.6 Å². The number of sulfonamides is 1. The van der Waals surface area contributed by atoms with Gasteiger partial charge in [0, 0.05) is 22.8 Å². The largest absolute Gasteiger partial charge is 0.312 e. The fourth-order valence-corrected chi connectivity index (χ4v) is 5.86. The molecule has 0 aliphatic carbocycles. The molecule has 34 heavy (non-hydrogen) atoms. The summed E-state index contributed by atoms with van der Waals surface area (Å²) >= 11 is 7.29. The molecular formula is C25H22ClN3O3S2. The van der Waals surface area contributed by atoms with E-state index >= 15 is 0 Å². The van der Waals surface area contributed by atoms with Crippen LogP contribution in [0.25, 0.3) is 10.2 Å². The smallest absolute Gasteiger partial charge is 0.279 e. The van der Waals surface area contributed by atoms with Crippen LogP contribution in [0.5, 0.6) is 0 Å². The third-order valence-corrected chi connectivity index (χ3v) is 7.99. The second kappa shape index (κ2) is 9.58. The molecule has 0 saturated carbocycles. The van der Waals surface area contributed by atoms with Gasteiger partial charge in [-0.25, -0.2) is 8.42 Å². The minimum atomic E-state index is -3.84. The number of anilines is 1. The van der Waals surface area contributed by atoms with Crippen LogP contribution >= 0.6 is 22.9 Å². The molecule has 3 aromatic carbocycles. The summed E-state index contributed by atoms with van der Waals surface area (Å²) < 4.78 is 30.9. The van der Waals surface area contributed by atoms with E-state index in [1.807, 2.05) is 18.4 Å². The molecule has 0 bridgehead atoms. The number of fused-ring (bicyclic) bond motifs is 1. The number of rotatable bonds is 6. The summed E-state index contributed by atoms with van der Waals surface area (Å²) in [4.78, 5) is 18.0. The number of aryl methyl sites for hydroxylation is 2. The van der Waals surface area contributed by atoms with E-state index in [2.05, 4.69) is 28.4 Å². The Hall–Kier alpha value is -3.20. The third-order valence-electron chi connectivity index (χ3n) is 5.11. The molecule has 0 aliphatic rings. The van der Waals surface area contributed by atoms with Crippen molar-refractivity contribution in [1.82, 2.24) is 4.57 Å². The molecule has 6 nitrogen and oxygen atoms in total. The fraction of sp³-hybridized carbons (Fsp3) is 0.120. The number of carbonyl (C=O) groups excluding carboxylic acids is 1. The standard InChI is InChI=1S/C25H22ClN3O3S2/c1-4-12-29-22-14-16(2)13-17(3)23(22)33-25(29)27-24(30)18-6-5-7-20(15-18)28-34(31,32)21-10-8-19(26)9-11-21/h4-11,13-15,28H,1,12H2,2-3H3. The van der Waals surface area contributed by atoms with E-state index in [4.69, 9.17) is 11.6 Å². The highest BCUT2D eigenvalue weighted by molar-refractivity contribution is 7.92. The van der Waals surface area contributed by atoms with Crippen molar-refractivity contribution in [3.05, 3.63) is 99.8 Å². The normalized spacial score (nSPS) is 12.1. The zero-order valence-corrected chi connectivity index (χ0v) is 21.0. The van der Waals surface area contributed by atoms with Crippen molar-refractivity contribution < 1.29 is 13.2 Å². The highest BCUT2D eigenvalue weighted by Gasteiger charge is 2.16. The van der Waals surface area contributed by atoms with E-state index in [0.29, 0.717) is 16.4 Å². The molecule has 1 amide bonds. The summed E-state index contributed by atoms with van der Waals surface area (Å²) in [5, 5.41) is 0.438. The lowest BCUT2D eigenvalue weighted by atomic mass is 10.1. The lowest BCUT2D eigenvalue weighted by Crippen LogP contribution is -2.16. The molecular weight excluding hydrogens is 490 g/mol. The van der Waals surface area contributed by atoms with Gasteiger partial charge in [0.15, 0.2) is 4.80 Å². The van der Waals surface area contributed by atoms with Crippen LogP contribution < -0.4 is 9.52 Å². The summed E-state index contributed by atoms with van der Waals surface area (Å²) in [6.45, 7) is 8.40. The van der Waals surface area contributed by atoms with Gasteiger partial charge in [0.05, 0.1) is 15.1 Å². The number of aromatic nitrogens is 1. The zero-order valence-electron chi connectivity index (χ0n) is 18.6. The van der Waals surface area contributed by atoms with Crippen molar-refractivity contribution in [2.75, 3.05) is 4.72 Å². The van der Waals surface area contributed by atoms with E-state index in [9.17, 15) is 13.2 Å². The molecule has 0 spiro atoms. The number of carbonyl (C=O) groups is 1. The van der Waals surface area contributed by atoms with Gasteiger partial charge in [-0.3, -0.25) is 9.52 Å². The van der Waals surface area contributed by atoms with Gasteiger partial charge in [-0.1, -0.05) is 41.1 Å². The SMILES string of the molecule is C=CCn1c(=NC(=O)c2cccc(NS(=O)(=O)c3ccc(Cl)cc3)c2)sc2c(C)cc(C)cc21. The van der Waals surface area contributed by atoms with Crippen molar-refractivity contribution in [2.45, 2.75) is 25.3 Å². The molecule has 1 aromatic heterocycles. The van der Waals surface area contributed by atoms with Crippen molar-refractivity contribution >= 4 is 54.8 Å². The van der Waals surface area contributed by atoms with E-state index in [1.165, 1.54) is 41.7 Å². The average molecular weight is 512 g/mol. The maximum Gasteiger partial charge on any atom is 0.279 e. The highest BCUT2D eigenvalue weighted by Crippen LogP contribution is 2.24. The Bertz CT molecular complexity index is 1580. The predicted octanol–water partition coefficient (Wildman–Crippen LogP) is 5.70. The first kappa shape index (κ1) is 23.9. The maximum absolute atomic E-state index is 13.0. The number of nitrogens with one attached hydrogen (secondary N) is 1. The van der Waals surface area contributed by atoms with Gasteiger partial charge in [-0.05, 0) is 73.5 Å². The minimum absolute atomic E-state index is 0.0692. The van der Waals surface area contributed by atoms with Gasteiger partial charge in [0.1, 0.15) is 0 Å². The monoisotopic (exact) mass is 511 g/mol. The summed E-state index contributed by atoms with van der Waals surface area (Å²) in [6, 6.07) is 16.3. The van der Waals surface area contributed by atoms with Gasteiger partial charge in [-0.2, -0.15) is 4.99 Å². The lowest BCUT2D eigenvalue weighted by Gasteiger charge is -2.09. The van der Waals surface area contributed by atoms with Gasteiger partial charge in [0.25, 0.3) is 15.9 Å². The molecule has 4 aromatic rings. The molecule has 1 heterocycles. The molecule has 174 valence electrons. The Morgan fingerprint density at radius 1 is 1.15 bits per heavy atom. The summed E-state index contributed by atoms with van der Waals surface area (Å²) in [6.07, 6.45) is 1.76. The van der Waals surface area contributed by atoms with E-state index in [-0.39, 0.29) is 16.1 Å². The number of amides is 1. The number of hydrogen-bond acceptors (Lipinski definition) is 4. The fourth-order valence-electron chi connectivity index (χ4n) is 3.60. The number of nitrogens with zero attached hydrogens (tertiary/aromatic N) is 2. The number of thiazole rings is 1. The van der Waals surface area contributed by atoms with E-state index < -0.39 is 15.9 Å². The molecule has 0 radical (unpaired) electrons. The maximum atomic E-state index is 13.0. The molecule has 9 heteroatoms. The van der Waals surface area contributed by atoms with Crippen molar-refractivity contribution in [1.29, 1.82) is 0 Å². The summed E-state index contributed by atoms with van der Waals surface area (Å²) in [5.74, 6) is -0.466. The summed E-state index contributed by atoms with van der Waals surface area (Å²) in [5.41, 5.74) is 3.77. The first-order valence-electron chi connectivity index (χ1n) is 10.4. The first-order valence-corrected chi connectivity index (χ1v) is 13.0. The lowest BCUT2D eigenvalue weighted by molar-refractivity contribution is 0.0998. The van der Waals surface area contributed by atoms with Crippen molar-refractivity contribution in [2.24, 2.45) is 4.99 Å². The third kappa shape index (κ3) is 4.99. The second-order valence-corrected chi connectivity index (χ2v) is 10.9. The minimum Gasteiger partial charge on any atom is -0.312 e. The van der Waals surface area contributed by atoms with Crippen LogP contribution in [0.1, 0.15) is 21.5 Å². The quantitative estimate of drug-likeness (QED) is 0.337. The predicted molar refractivity (Wildman–Crippen MR) is 138 cm³/mol. The average Bonchev–Trinajstić information content (AvgIpc) is 3.11. The molecule has 0 aliphatic heterocycles. The van der Waals surface area contributed by atoms with E-state index in [0.717, 1.165) is 21.3 Å². The van der Waals surface area contributed by atoms with Crippen LogP contribution in [0.2, 0.25) is 5.02 Å². The topological polar surface area (TPSA) is 80.5 Å². The van der Waals surface area contributed by atoms with Crippen LogP contribution in [-0.4, -0.2) is 18.9 Å². The van der Waals surface area contributed by atoms with Gasteiger partial charge in [-0.15, -0.1) is 6.58 Å². The molecule has 4 rings (SSSR count). The Labute approximate surface area is 206 Å². The Balaban J connectivity index is 1.70. The van der Waals surface area contributed by atoms with Crippen molar-refractivity contribution in [3.63, 3.8) is 0 Å². The van der Waals surface area contributed by atoms with Crippen molar-refractivity contribution in [3.8, 4) is 0 Å². The molecule has 0 saturated heterocycles. The van der Waals surface area contributed by atoms with Crippen LogP contribution in [0.4, 0.5) is 5.69 Å². The van der Waals surface area contributed by atoms with Gasteiger partial charge in [0.2, 0.25) is 0 Å². The number of benzene rings is 3. The number of halogens is 1. The summed E-state index contributed by atoms with van der Waals surface area (Å²) in [7, 11) is -3.84. The molecule has 1 N–H and O–H groups in total. The van der Waals surface area contributed by atoms with E-state index in [1.54, 1.807) is 24.3 Å². The Kier molecular flexibility index (Phi) is 6.74.